The minimum atomic E-state index is 0.0255. The van der Waals surface area contributed by atoms with Gasteiger partial charge in [-0.2, -0.15) is 5.26 Å². The van der Waals surface area contributed by atoms with Crippen molar-refractivity contribution in [1.82, 2.24) is 10.3 Å². The van der Waals surface area contributed by atoms with E-state index in [4.69, 9.17) is 5.26 Å². The minimum absolute atomic E-state index is 0.0255. The molecule has 1 rings (SSSR count). The number of aromatic nitrogens is 1. The second kappa shape index (κ2) is 7.28. The number of pyridine rings is 1. The summed E-state index contributed by atoms with van der Waals surface area (Å²) in [4.78, 5) is 15.6. The predicted molar refractivity (Wildman–Crippen MR) is 70.1 cm³/mol. The van der Waals surface area contributed by atoms with Crippen LogP contribution in [0.1, 0.15) is 31.0 Å². The molecule has 0 bridgehead atoms. The second-order valence-corrected chi connectivity index (χ2v) is 4.02. The van der Waals surface area contributed by atoms with Crippen molar-refractivity contribution >= 4 is 11.7 Å². The summed E-state index contributed by atoms with van der Waals surface area (Å²) >= 11 is 0. The Morgan fingerprint density at radius 1 is 1.44 bits per heavy atom. The van der Waals surface area contributed by atoms with Gasteiger partial charge in [-0.3, -0.25) is 4.79 Å². The number of anilines is 1. The maximum Gasteiger partial charge on any atom is 0.221 e. The lowest BCUT2D eigenvalue weighted by atomic mass is 10.2. The minimum Gasteiger partial charge on any atom is -0.370 e. The maximum atomic E-state index is 11.4. The molecule has 0 unspecified atom stereocenters. The van der Waals surface area contributed by atoms with E-state index in [1.165, 1.54) is 0 Å². The lowest BCUT2D eigenvalue weighted by Crippen LogP contribution is -2.26. The molecule has 1 amide bonds. The molecule has 0 aliphatic carbocycles. The fourth-order valence-electron chi connectivity index (χ4n) is 1.48. The lowest BCUT2D eigenvalue weighted by Gasteiger charge is -2.07. The molecule has 0 aliphatic rings. The molecule has 5 heteroatoms. The van der Waals surface area contributed by atoms with E-state index in [9.17, 15) is 4.79 Å². The third-order valence-electron chi connectivity index (χ3n) is 2.31. The highest BCUT2D eigenvalue weighted by Gasteiger charge is 2.02. The van der Waals surface area contributed by atoms with E-state index in [0.717, 1.165) is 12.1 Å². The number of nitrogens with zero attached hydrogens (tertiary/aromatic N) is 2. The van der Waals surface area contributed by atoms with Gasteiger partial charge in [-0.25, -0.2) is 4.98 Å². The molecule has 0 radical (unpaired) electrons. The van der Waals surface area contributed by atoms with Crippen LogP contribution in [0.5, 0.6) is 0 Å². The number of carbonyl (C=O) groups is 1. The van der Waals surface area contributed by atoms with Crippen molar-refractivity contribution in [3.05, 3.63) is 23.4 Å². The van der Waals surface area contributed by atoms with E-state index in [0.29, 0.717) is 30.9 Å². The highest BCUT2D eigenvalue weighted by atomic mass is 16.1. The van der Waals surface area contributed by atoms with Crippen molar-refractivity contribution in [2.24, 2.45) is 0 Å². The first-order chi connectivity index (χ1) is 8.65. The number of nitriles is 1. The standard InChI is InChI=1S/C13H18N4O/c1-3-5-16-13(18)4-6-15-12-8-11(9-14)7-10(2)17-12/h7-8H,3-6H2,1-2H3,(H,15,17)(H,16,18). The first-order valence-electron chi connectivity index (χ1n) is 6.05. The molecule has 1 aromatic heterocycles. The average molecular weight is 246 g/mol. The summed E-state index contributed by atoms with van der Waals surface area (Å²) < 4.78 is 0. The van der Waals surface area contributed by atoms with E-state index in [1.54, 1.807) is 12.1 Å². The van der Waals surface area contributed by atoms with Gasteiger partial charge in [-0.1, -0.05) is 6.92 Å². The molecule has 1 aromatic rings. The van der Waals surface area contributed by atoms with Crippen LogP contribution < -0.4 is 10.6 Å². The molecule has 2 N–H and O–H groups in total. The molecule has 1 heterocycles. The van der Waals surface area contributed by atoms with Gasteiger partial charge in [-0.05, 0) is 25.5 Å². The van der Waals surface area contributed by atoms with Crippen molar-refractivity contribution in [3.8, 4) is 6.07 Å². The van der Waals surface area contributed by atoms with Crippen LogP contribution in [0, 0.1) is 18.3 Å². The zero-order valence-electron chi connectivity index (χ0n) is 10.8. The lowest BCUT2D eigenvalue weighted by molar-refractivity contribution is -0.120. The first kappa shape index (κ1) is 14.0. The molecular weight excluding hydrogens is 228 g/mol. The van der Waals surface area contributed by atoms with Crippen LogP contribution in [-0.4, -0.2) is 24.0 Å². The molecule has 0 saturated carbocycles. The van der Waals surface area contributed by atoms with Gasteiger partial charge in [0.25, 0.3) is 0 Å². The van der Waals surface area contributed by atoms with Gasteiger partial charge in [0.1, 0.15) is 5.82 Å². The van der Waals surface area contributed by atoms with Crippen LogP contribution in [0.25, 0.3) is 0 Å². The number of carbonyl (C=O) groups excluding carboxylic acids is 1. The summed E-state index contributed by atoms with van der Waals surface area (Å²) in [6.45, 7) is 5.07. The topological polar surface area (TPSA) is 77.8 Å². The summed E-state index contributed by atoms with van der Waals surface area (Å²) in [5.41, 5.74) is 1.35. The summed E-state index contributed by atoms with van der Waals surface area (Å²) in [5, 5.41) is 14.7. The van der Waals surface area contributed by atoms with E-state index in [1.807, 2.05) is 13.8 Å². The largest absolute Gasteiger partial charge is 0.370 e. The van der Waals surface area contributed by atoms with Crippen molar-refractivity contribution in [1.29, 1.82) is 5.26 Å². The molecule has 0 fully saturated rings. The summed E-state index contributed by atoms with van der Waals surface area (Å²) in [7, 11) is 0. The van der Waals surface area contributed by atoms with Crippen molar-refractivity contribution in [2.45, 2.75) is 26.7 Å². The number of hydrogen-bond donors (Lipinski definition) is 2. The van der Waals surface area contributed by atoms with E-state index >= 15 is 0 Å². The Morgan fingerprint density at radius 3 is 2.89 bits per heavy atom. The van der Waals surface area contributed by atoms with Crippen molar-refractivity contribution < 1.29 is 4.79 Å². The molecular formula is C13H18N4O. The van der Waals surface area contributed by atoms with Gasteiger partial charge in [0, 0.05) is 25.2 Å². The van der Waals surface area contributed by atoms with E-state index in [2.05, 4.69) is 21.7 Å². The molecule has 96 valence electrons. The first-order valence-corrected chi connectivity index (χ1v) is 6.05. The van der Waals surface area contributed by atoms with Crippen LogP contribution >= 0.6 is 0 Å². The fraction of sp³-hybridized carbons (Fsp3) is 0.462. The number of rotatable bonds is 6. The molecule has 0 atom stereocenters. The third-order valence-corrected chi connectivity index (χ3v) is 2.31. The number of nitrogens with one attached hydrogen (secondary N) is 2. The smallest absolute Gasteiger partial charge is 0.221 e. The Labute approximate surface area is 107 Å². The number of aryl methyl sites for hydroxylation is 1. The predicted octanol–water partition coefficient (Wildman–Crippen LogP) is 1.59. The Balaban J connectivity index is 2.42. The zero-order chi connectivity index (χ0) is 13.4. The van der Waals surface area contributed by atoms with Gasteiger partial charge >= 0.3 is 0 Å². The zero-order valence-corrected chi connectivity index (χ0v) is 10.8. The van der Waals surface area contributed by atoms with Crippen molar-refractivity contribution in [2.75, 3.05) is 18.4 Å². The van der Waals surface area contributed by atoms with Gasteiger partial charge in [0.15, 0.2) is 0 Å². The van der Waals surface area contributed by atoms with Crippen LogP contribution in [0.4, 0.5) is 5.82 Å². The summed E-state index contributed by atoms with van der Waals surface area (Å²) in [6.07, 6.45) is 1.33. The fourth-order valence-corrected chi connectivity index (χ4v) is 1.48. The van der Waals surface area contributed by atoms with E-state index in [-0.39, 0.29) is 5.91 Å². The second-order valence-electron chi connectivity index (χ2n) is 4.02. The van der Waals surface area contributed by atoms with Gasteiger partial charge in [-0.15, -0.1) is 0 Å². The molecule has 18 heavy (non-hydrogen) atoms. The Morgan fingerprint density at radius 2 is 2.22 bits per heavy atom. The Hall–Kier alpha value is -2.09. The van der Waals surface area contributed by atoms with Crippen LogP contribution in [0.2, 0.25) is 0 Å². The van der Waals surface area contributed by atoms with Crippen LogP contribution in [-0.2, 0) is 4.79 Å². The maximum absolute atomic E-state index is 11.4. The molecule has 0 saturated heterocycles. The SMILES string of the molecule is CCCNC(=O)CCNc1cc(C#N)cc(C)n1. The highest BCUT2D eigenvalue weighted by molar-refractivity contribution is 5.76. The van der Waals surface area contributed by atoms with Gasteiger partial charge in [0.05, 0.1) is 11.6 Å². The average Bonchev–Trinajstić information content (AvgIpc) is 2.35. The summed E-state index contributed by atoms with van der Waals surface area (Å²) in [6, 6.07) is 5.47. The Kier molecular flexibility index (Phi) is 5.65. The molecule has 0 aliphatic heterocycles. The third kappa shape index (κ3) is 4.83. The summed E-state index contributed by atoms with van der Waals surface area (Å²) in [5.74, 6) is 0.660. The molecule has 0 aromatic carbocycles. The quantitative estimate of drug-likeness (QED) is 0.799. The van der Waals surface area contributed by atoms with Crippen LogP contribution in [0.15, 0.2) is 12.1 Å². The number of amides is 1. The van der Waals surface area contributed by atoms with Gasteiger partial charge in [0.2, 0.25) is 5.91 Å². The van der Waals surface area contributed by atoms with Crippen molar-refractivity contribution in [3.63, 3.8) is 0 Å². The molecule has 5 nitrogen and oxygen atoms in total. The highest BCUT2D eigenvalue weighted by Crippen LogP contribution is 2.08. The number of hydrogen-bond acceptors (Lipinski definition) is 4. The Bertz CT molecular complexity index is 451. The molecule has 0 spiro atoms. The van der Waals surface area contributed by atoms with E-state index < -0.39 is 0 Å². The monoisotopic (exact) mass is 246 g/mol. The normalized spacial score (nSPS) is 9.61. The van der Waals surface area contributed by atoms with Gasteiger partial charge < -0.3 is 10.6 Å². The van der Waals surface area contributed by atoms with Crippen LogP contribution in [0.3, 0.4) is 0 Å².